The van der Waals surface area contributed by atoms with Crippen LogP contribution in [0.15, 0.2) is 36.7 Å². The minimum atomic E-state index is 0.0215. The standard InChI is InChI=1S/C17H21N3O2/c21-16(13-14-3-1-2-4-14)19-9-11-20(12-10-19)17(22)15-5-7-18-8-6-15/h1,3,5-8,14H,2,4,9-13H2. The van der Waals surface area contributed by atoms with Gasteiger partial charge < -0.3 is 9.80 Å². The number of rotatable bonds is 3. The summed E-state index contributed by atoms with van der Waals surface area (Å²) < 4.78 is 0. The summed E-state index contributed by atoms with van der Waals surface area (Å²) in [7, 11) is 0. The number of allylic oxidation sites excluding steroid dienone is 2. The van der Waals surface area contributed by atoms with E-state index in [1.54, 1.807) is 24.5 Å². The molecule has 0 N–H and O–H groups in total. The van der Waals surface area contributed by atoms with Crippen LogP contribution in [0.5, 0.6) is 0 Å². The van der Waals surface area contributed by atoms with E-state index in [2.05, 4.69) is 17.1 Å². The van der Waals surface area contributed by atoms with Crippen molar-refractivity contribution in [1.29, 1.82) is 0 Å². The Morgan fingerprint density at radius 1 is 1.09 bits per heavy atom. The van der Waals surface area contributed by atoms with E-state index < -0.39 is 0 Å². The Bertz CT molecular complexity index is 563. The molecule has 2 aliphatic rings. The first-order valence-corrected chi connectivity index (χ1v) is 7.88. The van der Waals surface area contributed by atoms with Gasteiger partial charge in [0.1, 0.15) is 0 Å². The normalized spacial score (nSPS) is 21.2. The number of carbonyl (C=O) groups excluding carboxylic acids is 2. The molecule has 0 radical (unpaired) electrons. The molecule has 0 bridgehead atoms. The summed E-state index contributed by atoms with van der Waals surface area (Å²) in [6.45, 7) is 2.47. The van der Waals surface area contributed by atoms with Gasteiger partial charge in [-0.25, -0.2) is 0 Å². The molecule has 2 heterocycles. The average molecular weight is 299 g/mol. The molecule has 1 saturated heterocycles. The number of aromatic nitrogens is 1. The predicted molar refractivity (Wildman–Crippen MR) is 83.2 cm³/mol. The maximum atomic E-state index is 12.3. The van der Waals surface area contributed by atoms with E-state index in [4.69, 9.17) is 0 Å². The number of pyridine rings is 1. The number of amides is 2. The van der Waals surface area contributed by atoms with Gasteiger partial charge in [-0.15, -0.1) is 0 Å². The van der Waals surface area contributed by atoms with Gasteiger partial charge in [0.05, 0.1) is 0 Å². The van der Waals surface area contributed by atoms with E-state index in [9.17, 15) is 9.59 Å². The monoisotopic (exact) mass is 299 g/mol. The van der Waals surface area contributed by atoms with E-state index in [1.165, 1.54) is 0 Å². The molecule has 5 nitrogen and oxygen atoms in total. The molecule has 3 rings (SSSR count). The summed E-state index contributed by atoms with van der Waals surface area (Å²) in [6, 6.07) is 3.46. The fourth-order valence-electron chi connectivity index (χ4n) is 3.05. The summed E-state index contributed by atoms with van der Waals surface area (Å²) in [5.41, 5.74) is 0.658. The van der Waals surface area contributed by atoms with Gasteiger partial charge in [0.2, 0.25) is 5.91 Å². The van der Waals surface area contributed by atoms with Crippen LogP contribution in [0.1, 0.15) is 29.6 Å². The van der Waals surface area contributed by atoms with Crippen molar-refractivity contribution in [1.82, 2.24) is 14.8 Å². The SMILES string of the molecule is O=C(CC1C=CCC1)N1CCN(C(=O)c2ccncc2)CC1. The number of carbonyl (C=O) groups is 2. The summed E-state index contributed by atoms with van der Waals surface area (Å²) in [5, 5.41) is 0. The lowest BCUT2D eigenvalue weighted by molar-refractivity contribution is -0.133. The molecular formula is C17H21N3O2. The lowest BCUT2D eigenvalue weighted by Gasteiger charge is -2.35. The van der Waals surface area contributed by atoms with E-state index in [0.29, 0.717) is 44.1 Å². The highest BCUT2D eigenvalue weighted by atomic mass is 16.2. The molecule has 1 aliphatic carbocycles. The van der Waals surface area contributed by atoms with Crippen LogP contribution in [0, 0.1) is 5.92 Å². The van der Waals surface area contributed by atoms with E-state index in [1.807, 2.05) is 9.80 Å². The van der Waals surface area contributed by atoms with Gasteiger partial charge in [-0.1, -0.05) is 12.2 Å². The first-order valence-electron chi connectivity index (χ1n) is 7.88. The number of hydrogen-bond acceptors (Lipinski definition) is 3. The predicted octanol–water partition coefficient (Wildman–Crippen LogP) is 1.72. The van der Waals surface area contributed by atoms with Gasteiger partial charge in [-0.05, 0) is 30.9 Å². The smallest absolute Gasteiger partial charge is 0.254 e. The van der Waals surface area contributed by atoms with Gasteiger partial charge >= 0.3 is 0 Å². The third-order valence-corrected chi connectivity index (χ3v) is 4.40. The van der Waals surface area contributed by atoms with Crippen molar-refractivity contribution >= 4 is 11.8 Å². The van der Waals surface area contributed by atoms with Crippen molar-refractivity contribution in [2.45, 2.75) is 19.3 Å². The van der Waals surface area contributed by atoms with Crippen molar-refractivity contribution in [2.75, 3.05) is 26.2 Å². The highest BCUT2D eigenvalue weighted by Gasteiger charge is 2.26. The Labute approximate surface area is 130 Å². The van der Waals surface area contributed by atoms with Crippen LogP contribution in [0.3, 0.4) is 0 Å². The molecule has 1 aromatic rings. The van der Waals surface area contributed by atoms with Crippen molar-refractivity contribution < 1.29 is 9.59 Å². The molecule has 22 heavy (non-hydrogen) atoms. The largest absolute Gasteiger partial charge is 0.339 e. The van der Waals surface area contributed by atoms with Crippen molar-refractivity contribution in [3.63, 3.8) is 0 Å². The summed E-state index contributed by atoms with van der Waals surface area (Å²) >= 11 is 0. The zero-order valence-corrected chi connectivity index (χ0v) is 12.6. The van der Waals surface area contributed by atoms with Crippen molar-refractivity contribution in [3.8, 4) is 0 Å². The Morgan fingerprint density at radius 3 is 2.41 bits per heavy atom. The van der Waals surface area contributed by atoms with E-state index in [-0.39, 0.29) is 11.8 Å². The zero-order chi connectivity index (χ0) is 15.4. The molecule has 2 amide bonds. The first-order chi connectivity index (χ1) is 10.7. The third kappa shape index (κ3) is 3.35. The molecular weight excluding hydrogens is 278 g/mol. The molecule has 0 saturated carbocycles. The quantitative estimate of drug-likeness (QED) is 0.799. The van der Waals surface area contributed by atoms with Crippen LogP contribution in [0.2, 0.25) is 0 Å². The molecule has 5 heteroatoms. The zero-order valence-electron chi connectivity index (χ0n) is 12.6. The molecule has 1 atom stereocenters. The van der Waals surface area contributed by atoms with Crippen LogP contribution in [0.4, 0.5) is 0 Å². The van der Waals surface area contributed by atoms with Crippen LogP contribution in [-0.4, -0.2) is 52.8 Å². The van der Waals surface area contributed by atoms with Crippen molar-refractivity contribution in [2.24, 2.45) is 5.92 Å². The summed E-state index contributed by atoms with van der Waals surface area (Å²) in [5.74, 6) is 0.643. The number of hydrogen-bond donors (Lipinski definition) is 0. The molecule has 1 fully saturated rings. The molecule has 0 aromatic carbocycles. The molecule has 1 unspecified atom stereocenters. The minimum Gasteiger partial charge on any atom is -0.339 e. The van der Waals surface area contributed by atoms with Crippen molar-refractivity contribution in [3.05, 3.63) is 42.2 Å². The second-order valence-corrected chi connectivity index (χ2v) is 5.88. The van der Waals surface area contributed by atoms with Crippen LogP contribution >= 0.6 is 0 Å². The fourth-order valence-corrected chi connectivity index (χ4v) is 3.05. The lowest BCUT2D eigenvalue weighted by atomic mass is 10.0. The maximum absolute atomic E-state index is 12.3. The van der Waals surface area contributed by atoms with Crippen LogP contribution in [0.25, 0.3) is 0 Å². The third-order valence-electron chi connectivity index (χ3n) is 4.40. The molecule has 0 spiro atoms. The lowest BCUT2D eigenvalue weighted by Crippen LogP contribution is -2.50. The highest BCUT2D eigenvalue weighted by Crippen LogP contribution is 2.21. The fraction of sp³-hybridized carbons (Fsp3) is 0.471. The number of nitrogens with zero attached hydrogens (tertiary/aromatic N) is 3. The Kier molecular flexibility index (Phi) is 4.51. The average Bonchev–Trinajstić information content (AvgIpc) is 3.08. The number of piperazine rings is 1. The van der Waals surface area contributed by atoms with Gasteiger partial charge in [0, 0.05) is 50.6 Å². The Morgan fingerprint density at radius 2 is 1.77 bits per heavy atom. The molecule has 1 aromatic heterocycles. The second kappa shape index (κ2) is 6.73. The minimum absolute atomic E-state index is 0.0215. The first kappa shape index (κ1) is 14.8. The highest BCUT2D eigenvalue weighted by molar-refractivity contribution is 5.94. The van der Waals surface area contributed by atoms with Gasteiger partial charge in [0.15, 0.2) is 0 Å². The summed E-state index contributed by atoms with van der Waals surface area (Å²) in [6.07, 6.45) is 10.3. The van der Waals surface area contributed by atoms with E-state index >= 15 is 0 Å². The Hall–Kier alpha value is -2.17. The van der Waals surface area contributed by atoms with Crippen LogP contribution in [-0.2, 0) is 4.79 Å². The van der Waals surface area contributed by atoms with E-state index in [0.717, 1.165) is 12.8 Å². The van der Waals surface area contributed by atoms with Gasteiger partial charge in [-0.2, -0.15) is 0 Å². The van der Waals surface area contributed by atoms with Crippen LogP contribution < -0.4 is 0 Å². The van der Waals surface area contributed by atoms with Gasteiger partial charge in [0.25, 0.3) is 5.91 Å². The van der Waals surface area contributed by atoms with Gasteiger partial charge in [-0.3, -0.25) is 14.6 Å². The summed E-state index contributed by atoms with van der Waals surface area (Å²) in [4.78, 5) is 32.3. The molecule has 1 aliphatic heterocycles. The topological polar surface area (TPSA) is 53.5 Å². The molecule has 116 valence electrons. The second-order valence-electron chi connectivity index (χ2n) is 5.88. The Balaban J connectivity index is 1.50. The maximum Gasteiger partial charge on any atom is 0.254 e.